The largest absolute Gasteiger partial charge is 0.342 e. The Balaban J connectivity index is 1.86. The molecule has 0 aliphatic heterocycles. The van der Waals surface area contributed by atoms with Gasteiger partial charge in [0.15, 0.2) is 0 Å². The van der Waals surface area contributed by atoms with E-state index in [0.29, 0.717) is 11.4 Å². The van der Waals surface area contributed by atoms with Gasteiger partial charge in [-0.3, -0.25) is 9.59 Å². The Bertz CT molecular complexity index is 628. The van der Waals surface area contributed by atoms with Crippen LogP contribution in [0.4, 0.5) is 0 Å². The maximum Gasteiger partial charge on any atom is 0.261 e. The van der Waals surface area contributed by atoms with Crippen molar-refractivity contribution < 1.29 is 9.59 Å². The SMILES string of the molecule is CN(Cc1ccccc1Br)C(=O)CNC(=O)c1cccs1. The highest BCUT2D eigenvalue weighted by molar-refractivity contribution is 9.10. The summed E-state index contributed by atoms with van der Waals surface area (Å²) in [5.74, 6) is -0.344. The number of nitrogens with one attached hydrogen (secondary N) is 1. The van der Waals surface area contributed by atoms with E-state index in [1.165, 1.54) is 11.3 Å². The minimum Gasteiger partial charge on any atom is -0.342 e. The number of hydrogen-bond donors (Lipinski definition) is 1. The average molecular weight is 367 g/mol. The van der Waals surface area contributed by atoms with Crippen LogP contribution in [0.25, 0.3) is 0 Å². The van der Waals surface area contributed by atoms with Crippen molar-refractivity contribution in [2.45, 2.75) is 6.54 Å². The van der Waals surface area contributed by atoms with E-state index < -0.39 is 0 Å². The lowest BCUT2D eigenvalue weighted by atomic mass is 10.2. The Morgan fingerprint density at radius 1 is 1.24 bits per heavy atom. The summed E-state index contributed by atoms with van der Waals surface area (Å²) >= 11 is 4.81. The van der Waals surface area contributed by atoms with E-state index >= 15 is 0 Å². The van der Waals surface area contributed by atoms with Crippen LogP contribution >= 0.6 is 27.3 Å². The summed E-state index contributed by atoms with van der Waals surface area (Å²) < 4.78 is 0.965. The molecule has 2 amide bonds. The lowest BCUT2D eigenvalue weighted by Gasteiger charge is -2.18. The van der Waals surface area contributed by atoms with Gasteiger partial charge in [0.1, 0.15) is 0 Å². The molecule has 0 bridgehead atoms. The molecule has 0 spiro atoms. The van der Waals surface area contributed by atoms with Crippen LogP contribution in [0.5, 0.6) is 0 Å². The number of halogens is 1. The Labute approximate surface area is 135 Å². The van der Waals surface area contributed by atoms with Crippen LogP contribution < -0.4 is 5.32 Å². The van der Waals surface area contributed by atoms with Crippen LogP contribution in [0.1, 0.15) is 15.2 Å². The third-order valence-electron chi connectivity index (χ3n) is 2.94. The average Bonchev–Trinajstić information content (AvgIpc) is 3.01. The molecule has 0 aliphatic rings. The van der Waals surface area contributed by atoms with E-state index in [9.17, 15) is 9.59 Å². The fraction of sp³-hybridized carbons (Fsp3) is 0.200. The summed E-state index contributed by atoms with van der Waals surface area (Å²) in [7, 11) is 1.72. The van der Waals surface area contributed by atoms with Gasteiger partial charge in [-0.15, -0.1) is 11.3 Å². The first-order valence-corrected chi connectivity index (χ1v) is 8.04. The van der Waals surface area contributed by atoms with Crippen LogP contribution in [0, 0.1) is 0 Å². The Hall–Kier alpha value is -1.66. The van der Waals surface area contributed by atoms with Gasteiger partial charge in [-0.05, 0) is 23.1 Å². The first-order chi connectivity index (χ1) is 10.1. The summed E-state index contributed by atoms with van der Waals surface area (Å²) in [4.78, 5) is 26.0. The van der Waals surface area contributed by atoms with Crippen molar-refractivity contribution >= 4 is 39.1 Å². The topological polar surface area (TPSA) is 49.4 Å². The Kier molecular flexibility index (Phi) is 5.52. The van der Waals surface area contributed by atoms with E-state index in [1.807, 2.05) is 29.6 Å². The van der Waals surface area contributed by atoms with Crippen molar-refractivity contribution in [3.63, 3.8) is 0 Å². The molecule has 6 heteroatoms. The molecule has 0 aliphatic carbocycles. The van der Waals surface area contributed by atoms with Crippen LogP contribution in [0.2, 0.25) is 0 Å². The lowest BCUT2D eigenvalue weighted by Crippen LogP contribution is -2.37. The van der Waals surface area contributed by atoms with Gasteiger partial charge in [0, 0.05) is 18.1 Å². The third kappa shape index (κ3) is 4.41. The van der Waals surface area contributed by atoms with Gasteiger partial charge in [-0.2, -0.15) is 0 Å². The molecule has 1 aromatic carbocycles. The van der Waals surface area contributed by atoms with Gasteiger partial charge in [-0.1, -0.05) is 40.2 Å². The molecular weight excluding hydrogens is 352 g/mol. The van der Waals surface area contributed by atoms with E-state index in [4.69, 9.17) is 0 Å². The molecule has 0 saturated heterocycles. The first-order valence-electron chi connectivity index (χ1n) is 6.37. The summed E-state index contributed by atoms with van der Waals surface area (Å²) in [6.07, 6.45) is 0. The Morgan fingerprint density at radius 3 is 2.67 bits per heavy atom. The van der Waals surface area contributed by atoms with Gasteiger partial charge < -0.3 is 10.2 Å². The number of benzene rings is 1. The minimum atomic E-state index is -0.215. The van der Waals surface area contributed by atoms with Gasteiger partial charge in [-0.25, -0.2) is 0 Å². The van der Waals surface area contributed by atoms with Crippen LogP contribution in [-0.2, 0) is 11.3 Å². The zero-order valence-corrected chi connectivity index (χ0v) is 13.9. The fourth-order valence-electron chi connectivity index (χ4n) is 1.76. The predicted octanol–water partition coefficient (Wildman–Crippen LogP) is 2.90. The summed E-state index contributed by atoms with van der Waals surface area (Å²) in [6.45, 7) is 0.493. The monoisotopic (exact) mass is 366 g/mol. The molecule has 110 valence electrons. The van der Waals surface area contributed by atoms with Crippen LogP contribution in [0.15, 0.2) is 46.3 Å². The summed E-state index contributed by atoms with van der Waals surface area (Å²) in [5, 5.41) is 4.46. The molecule has 1 aromatic heterocycles. The lowest BCUT2D eigenvalue weighted by molar-refractivity contribution is -0.129. The van der Waals surface area contributed by atoms with Crippen molar-refractivity contribution in [1.82, 2.24) is 10.2 Å². The molecule has 0 fully saturated rings. The molecule has 1 heterocycles. The van der Waals surface area contributed by atoms with Crippen molar-refractivity contribution in [3.8, 4) is 0 Å². The number of carbonyl (C=O) groups excluding carboxylic acids is 2. The second-order valence-electron chi connectivity index (χ2n) is 4.50. The molecule has 0 unspecified atom stereocenters. The van der Waals surface area contributed by atoms with Gasteiger partial charge in [0.05, 0.1) is 11.4 Å². The third-order valence-corrected chi connectivity index (χ3v) is 4.58. The number of rotatable bonds is 5. The van der Waals surface area contributed by atoms with Crippen LogP contribution in [-0.4, -0.2) is 30.3 Å². The van der Waals surface area contributed by atoms with E-state index in [0.717, 1.165) is 10.0 Å². The Morgan fingerprint density at radius 2 is 2.00 bits per heavy atom. The second-order valence-corrected chi connectivity index (χ2v) is 6.30. The highest BCUT2D eigenvalue weighted by Crippen LogP contribution is 2.17. The molecule has 1 N–H and O–H groups in total. The molecule has 0 atom stereocenters. The summed E-state index contributed by atoms with van der Waals surface area (Å²) in [6, 6.07) is 11.3. The number of hydrogen-bond acceptors (Lipinski definition) is 3. The van der Waals surface area contributed by atoms with Crippen molar-refractivity contribution in [3.05, 3.63) is 56.7 Å². The number of nitrogens with zero attached hydrogens (tertiary/aromatic N) is 1. The molecule has 0 saturated carbocycles. The van der Waals surface area contributed by atoms with E-state index in [-0.39, 0.29) is 18.4 Å². The van der Waals surface area contributed by atoms with Crippen molar-refractivity contribution in [1.29, 1.82) is 0 Å². The minimum absolute atomic E-state index is 0.00230. The van der Waals surface area contributed by atoms with Gasteiger partial charge in [0.25, 0.3) is 5.91 Å². The van der Waals surface area contributed by atoms with Crippen molar-refractivity contribution in [2.24, 2.45) is 0 Å². The van der Waals surface area contributed by atoms with E-state index in [1.54, 1.807) is 24.1 Å². The van der Waals surface area contributed by atoms with Crippen molar-refractivity contribution in [2.75, 3.05) is 13.6 Å². The van der Waals surface area contributed by atoms with Gasteiger partial charge >= 0.3 is 0 Å². The smallest absolute Gasteiger partial charge is 0.261 e. The molecular formula is C15H15BrN2O2S. The zero-order chi connectivity index (χ0) is 15.2. The molecule has 0 radical (unpaired) electrons. The highest BCUT2D eigenvalue weighted by Gasteiger charge is 2.13. The predicted molar refractivity (Wildman–Crippen MR) is 87.3 cm³/mol. The highest BCUT2D eigenvalue weighted by atomic mass is 79.9. The normalized spacial score (nSPS) is 10.2. The maximum atomic E-state index is 12.0. The number of amides is 2. The zero-order valence-electron chi connectivity index (χ0n) is 11.5. The standard InChI is InChI=1S/C15H15BrN2O2S/c1-18(10-11-5-2-3-6-12(11)16)14(19)9-17-15(20)13-7-4-8-21-13/h2-8H,9-10H2,1H3,(H,17,20). The van der Waals surface area contributed by atoms with Gasteiger partial charge in [0.2, 0.25) is 5.91 Å². The summed E-state index contributed by atoms with van der Waals surface area (Å²) in [5.41, 5.74) is 1.03. The second kappa shape index (κ2) is 7.38. The molecule has 2 rings (SSSR count). The maximum absolute atomic E-state index is 12.0. The number of carbonyl (C=O) groups is 2. The number of likely N-dealkylation sites (N-methyl/N-ethyl adjacent to an activating group) is 1. The molecule has 4 nitrogen and oxygen atoms in total. The number of thiophene rings is 1. The van der Waals surface area contributed by atoms with E-state index in [2.05, 4.69) is 21.2 Å². The quantitative estimate of drug-likeness (QED) is 0.884. The fourth-order valence-corrected chi connectivity index (χ4v) is 2.81. The molecule has 2 aromatic rings. The first kappa shape index (κ1) is 15.7. The molecule has 21 heavy (non-hydrogen) atoms. The van der Waals surface area contributed by atoms with Crippen LogP contribution in [0.3, 0.4) is 0 Å².